The lowest BCUT2D eigenvalue weighted by atomic mass is 10.1. The van der Waals surface area contributed by atoms with E-state index < -0.39 is 0 Å². The van der Waals surface area contributed by atoms with Crippen molar-refractivity contribution in [2.45, 2.75) is 53.6 Å². The van der Waals surface area contributed by atoms with E-state index in [1.54, 1.807) is 0 Å². The third-order valence-corrected chi connectivity index (χ3v) is 4.88. The molecule has 0 spiro atoms. The molecule has 0 aliphatic carbocycles. The number of aliphatic imine (C=N–C) groups is 1. The van der Waals surface area contributed by atoms with Gasteiger partial charge in [-0.3, -0.25) is 0 Å². The van der Waals surface area contributed by atoms with Gasteiger partial charge in [-0.25, -0.2) is 4.99 Å². The van der Waals surface area contributed by atoms with Crippen molar-refractivity contribution in [1.82, 2.24) is 20.7 Å². The second-order valence-electron chi connectivity index (χ2n) is 7.40. The Morgan fingerprint density at radius 2 is 1.93 bits per heavy atom. The zero-order chi connectivity index (χ0) is 21.8. The fourth-order valence-corrected chi connectivity index (χ4v) is 2.96. The summed E-state index contributed by atoms with van der Waals surface area (Å²) in [4.78, 5) is 7.07. The molecule has 30 heavy (non-hydrogen) atoms. The van der Waals surface area contributed by atoms with Crippen molar-refractivity contribution in [2.24, 2.45) is 4.99 Å². The molecule has 0 aliphatic heterocycles. The molecule has 1 aromatic carbocycles. The highest BCUT2D eigenvalue weighted by Crippen LogP contribution is 2.19. The number of ether oxygens (including phenoxy) is 1. The number of likely N-dealkylation sites (N-methyl/N-ethyl adjacent to an activating group) is 1. The minimum atomic E-state index is 0.350. The number of rotatable bonds is 12. The maximum atomic E-state index is 6.04. The van der Waals surface area contributed by atoms with Crippen LogP contribution in [-0.4, -0.2) is 48.8 Å². The first-order valence-electron chi connectivity index (χ1n) is 11.0. The maximum absolute atomic E-state index is 6.04. The lowest BCUT2D eigenvalue weighted by Crippen LogP contribution is -2.36. The fourth-order valence-electron chi connectivity index (χ4n) is 2.96. The minimum Gasteiger partial charge on any atom is -0.492 e. The molecule has 0 aliphatic rings. The topological polar surface area (TPSA) is 74.9 Å². The number of para-hydroxylation sites is 1. The Kier molecular flexibility index (Phi) is 10.2. The first-order valence-corrected chi connectivity index (χ1v) is 11.0. The van der Waals surface area contributed by atoms with Gasteiger partial charge in [0.2, 0.25) is 0 Å². The van der Waals surface area contributed by atoms with Crippen LogP contribution in [0, 0.1) is 0 Å². The maximum Gasteiger partial charge on any atom is 0.191 e. The molecule has 0 radical (unpaired) electrons. The summed E-state index contributed by atoms with van der Waals surface area (Å²) in [5.74, 6) is 2.77. The van der Waals surface area contributed by atoms with Gasteiger partial charge in [0.1, 0.15) is 12.4 Å². The summed E-state index contributed by atoms with van der Waals surface area (Å²) >= 11 is 0. The van der Waals surface area contributed by atoms with E-state index in [1.165, 1.54) is 0 Å². The van der Waals surface area contributed by atoms with Crippen LogP contribution in [0.4, 0.5) is 0 Å². The molecule has 1 heterocycles. The summed E-state index contributed by atoms with van der Waals surface area (Å²) in [6.07, 6.45) is 0. The molecular weight excluding hydrogens is 378 g/mol. The molecule has 2 aromatic rings. The number of nitrogens with zero attached hydrogens (tertiary/aromatic N) is 3. The number of nitrogens with one attached hydrogen (secondary N) is 2. The molecule has 0 fully saturated rings. The van der Waals surface area contributed by atoms with E-state index in [0.29, 0.717) is 25.6 Å². The van der Waals surface area contributed by atoms with Crippen molar-refractivity contribution < 1.29 is 9.26 Å². The Labute approximate surface area is 180 Å². The van der Waals surface area contributed by atoms with Crippen molar-refractivity contribution in [3.8, 4) is 5.75 Å². The minimum absolute atomic E-state index is 0.350. The van der Waals surface area contributed by atoms with Crippen LogP contribution in [0.5, 0.6) is 5.75 Å². The average Bonchev–Trinajstić information content (AvgIpc) is 3.23. The van der Waals surface area contributed by atoms with Crippen molar-refractivity contribution in [1.29, 1.82) is 0 Å². The normalized spacial score (nSPS) is 11.9. The Hall–Kier alpha value is -2.54. The van der Waals surface area contributed by atoms with Crippen molar-refractivity contribution >= 4 is 5.96 Å². The highest BCUT2D eigenvalue weighted by atomic mass is 16.5. The number of hydrogen-bond donors (Lipinski definition) is 2. The third-order valence-electron chi connectivity index (χ3n) is 4.88. The third kappa shape index (κ3) is 7.71. The number of guanidine groups is 1. The van der Waals surface area contributed by atoms with Crippen LogP contribution in [0.25, 0.3) is 0 Å². The smallest absolute Gasteiger partial charge is 0.191 e. The Morgan fingerprint density at radius 3 is 2.60 bits per heavy atom. The first kappa shape index (κ1) is 23.7. The molecule has 0 unspecified atom stereocenters. The van der Waals surface area contributed by atoms with Gasteiger partial charge in [0, 0.05) is 24.7 Å². The van der Waals surface area contributed by atoms with Gasteiger partial charge < -0.3 is 24.8 Å². The van der Waals surface area contributed by atoms with E-state index in [-0.39, 0.29) is 0 Å². The van der Waals surface area contributed by atoms with Crippen LogP contribution in [0.2, 0.25) is 0 Å². The highest BCUT2D eigenvalue weighted by Gasteiger charge is 2.09. The van der Waals surface area contributed by atoms with Crippen molar-refractivity contribution in [3.05, 3.63) is 47.3 Å². The molecule has 166 valence electrons. The SMILES string of the molecule is CCNC(=NCc1ccccc1OCCN(CC)CC)NCc1cc(C(C)C)no1. The molecule has 0 saturated carbocycles. The number of benzene rings is 1. The van der Waals surface area contributed by atoms with E-state index in [1.807, 2.05) is 31.2 Å². The summed E-state index contributed by atoms with van der Waals surface area (Å²) < 4.78 is 11.4. The second kappa shape index (κ2) is 12.9. The molecule has 0 atom stereocenters. The van der Waals surface area contributed by atoms with Gasteiger partial charge >= 0.3 is 0 Å². The van der Waals surface area contributed by atoms with Crippen LogP contribution in [-0.2, 0) is 13.1 Å². The quantitative estimate of drug-likeness (QED) is 0.406. The van der Waals surface area contributed by atoms with Crippen LogP contribution >= 0.6 is 0 Å². The molecular formula is C23H37N5O2. The van der Waals surface area contributed by atoms with E-state index >= 15 is 0 Å². The summed E-state index contributed by atoms with van der Waals surface area (Å²) in [6, 6.07) is 10.1. The second-order valence-corrected chi connectivity index (χ2v) is 7.40. The molecule has 1 aromatic heterocycles. The number of aromatic nitrogens is 1. The van der Waals surface area contributed by atoms with Crippen LogP contribution in [0.3, 0.4) is 0 Å². The Morgan fingerprint density at radius 1 is 1.17 bits per heavy atom. The molecule has 2 rings (SSSR count). The standard InChI is InChI=1S/C23H37N5O2/c1-6-24-23(26-17-20-15-21(18(4)5)27-30-20)25-16-19-11-9-10-12-22(19)29-14-13-28(7-2)8-3/h9-12,15,18H,6-8,13-14,16-17H2,1-5H3,(H2,24,25,26). The zero-order valence-electron chi connectivity index (χ0n) is 19.1. The summed E-state index contributed by atoms with van der Waals surface area (Å²) in [7, 11) is 0. The van der Waals surface area contributed by atoms with E-state index in [9.17, 15) is 0 Å². The van der Waals surface area contributed by atoms with Crippen molar-refractivity contribution in [3.63, 3.8) is 0 Å². The zero-order valence-corrected chi connectivity index (χ0v) is 19.1. The van der Waals surface area contributed by atoms with E-state index in [0.717, 1.165) is 54.9 Å². The largest absolute Gasteiger partial charge is 0.492 e. The van der Waals surface area contributed by atoms with Crippen LogP contribution < -0.4 is 15.4 Å². The Bertz CT molecular complexity index is 768. The van der Waals surface area contributed by atoms with Crippen LogP contribution in [0.1, 0.15) is 57.6 Å². The van der Waals surface area contributed by atoms with Gasteiger partial charge in [0.25, 0.3) is 0 Å². The lowest BCUT2D eigenvalue weighted by molar-refractivity contribution is 0.221. The molecule has 0 bridgehead atoms. The van der Waals surface area contributed by atoms with Crippen molar-refractivity contribution in [2.75, 3.05) is 32.8 Å². The molecule has 0 saturated heterocycles. The van der Waals surface area contributed by atoms with Gasteiger partial charge in [-0.2, -0.15) is 0 Å². The summed E-state index contributed by atoms with van der Waals surface area (Å²) in [5.41, 5.74) is 2.03. The number of hydrogen-bond acceptors (Lipinski definition) is 5. The van der Waals surface area contributed by atoms with Gasteiger partial charge in [-0.05, 0) is 32.0 Å². The average molecular weight is 416 g/mol. The predicted molar refractivity (Wildman–Crippen MR) is 122 cm³/mol. The first-order chi connectivity index (χ1) is 14.6. The predicted octanol–water partition coefficient (Wildman–Crippen LogP) is 3.77. The molecule has 7 nitrogen and oxygen atoms in total. The summed E-state index contributed by atoms with van der Waals surface area (Å²) in [5, 5.41) is 10.7. The van der Waals surface area contributed by atoms with Gasteiger partial charge in [0.05, 0.1) is 18.8 Å². The van der Waals surface area contributed by atoms with E-state index in [4.69, 9.17) is 14.3 Å². The Balaban J connectivity index is 1.96. The molecule has 7 heteroatoms. The van der Waals surface area contributed by atoms with Gasteiger partial charge in [-0.15, -0.1) is 0 Å². The van der Waals surface area contributed by atoms with Gasteiger partial charge in [0.15, 0.2) is 11.7 Å². The summed E-state index contributed by atoms with van der Waals surface area (Å²) in [6.45, 7) is 16.1. The van der Waals surface area contributed by atoms with E-state index in [2.05, 4.69) is 54.5 Å². The lowest BCUT2D eigenvalue weighted by Gasteiger charge is -2.18. The molecule has 2 N–H and O–H groups in total. The monoisotopic (exact) mass is 415 g/mol. The van der Waals surface area contributed by atoms with Gasteiger partial charge in [-0.1, -0.05) is 51.1 Å². The molecule has 0 amide bonds. The van der Waals surface area contributed by atoms with Crippen LogP contribution in [0.15, 0.2) is 39.8 Å². The highest BCUT2D eigenvalue weighted by molar-refractivity contribution is 5.79. The fraction of sp³-hybridized carbons (Fsp3) is 0.565.